The Balaban J connectivity index is 0.000000360. The van der Waals surface area contributed by atoms with Crippen molar-refractivity contribution in [2.75, 3.05) is 0 Å². The predicted molar refractivity (Wildman–Crippen MR) is 27.4 cm³/mol. The molecule has 1 aliphatic rings. The molecule has 0 aromatic rings. The van der Waals surface area contributed by atoms with E-state index in [2.05, 4.69) is 6.42 Å². The minimum atomic E-state index is 0. The second-order valence-electron chi connectivity index (χ2n) is 1.93. The summed E-state index contributed by atoms with van der Waals surface area (Å²) in [5.74, 6) is 0. The SMILES string of the molecule is [CH-]1CCCCC1.[Hf+4]. The summed E-state index contributed by atoms with van der Waals surface area (Å²) in [6.45, 7) is 0. The molecule has 7 heavy (non-hydrogen) atoms. The molecule has 0 spiro atoms. The largest absolute Gasteiger partial charge is 4.00 e. The molecule has 0 atom stereocenters. The average molecular weight is 262 g/mol. The molecule has 0 N–H and O–H groups in total. The molecule has 0 nitrogen and oxygen atoms in total. The van der Waals surface area contributed by atoms with Gasteiger partial charge in [0.15, 0.2) is 0 Å². The summed E-state index contributed by atoms with van der Waals surface area (Å²) in [5.41, 5.74) is 0. The molecule has 0 amide bonds. The van der Waals surface area contributed by atoms with Crippen molar-refractivity contribution in [3.8, 4) is 0 Å². The Morgan fingerprint density at radius 2 is 1.43 bits per heavy atom. The van der Waals surface area contributed by atoms with Crippen molar-refractivity contribution in [2.24, 2.45) is 0 Å². The van der Waals surface area contributed by atoms with Crippen LogP contribution in [0.5, 0.6) is 0 Å². The fraction of sp³-hybridized carbons (Fsp3) is 0.833. The Morgan fingerprint density at radius 1 is 0.857 bits per heavy atom. The average Bonchev–Trinajstić information content (AvgIpc) is 1.72. The Bertz CT molecular complexity index is 19.7. The maximum Gasteiger partial charge on any atom is 4.00 e. The first-order valence-corrected chi connectivity index (χ1v) is 2.82. The van der Waals surface area contributed by atoms with Crippen LogP contribution in [0.25, 0.3) is 0 Å². The van der Waals surface area contributed by atoms with Gasteiger partial charge in [0.05, 0.1) is 0 Å². The number of hydrogen-bond acceptors (Lipinski definition) is 0. The standard InChI is InChI=1S/C6H11.Hf/c1-2-4-6-5-3-1;/h1H,2-6H2;/q-1;+4. The summed E-state index contributed by atoms with van der Waals surface area (Å²) in [6.07, 6.45) is 9.50. The van der Waals surface area contributed by atoms with Gasteiger partial charge in [0.2, 0.25) is 0 Å². The van der Waals surface area contributed by atoms with Crippen LogP contribution in [0.15, 0.2) is 0 Å². The molecule has 0 unspecified atom stereocenters. The van der Waals surface area contributed by atoms with Gasteiger partial charge in [0.1, 0.15) is 0 Å². The first-order valence-electron chi connectivity index (χ1n) is 2.82. The molecule has 0 saturated heterocycles. The third kappa shape index (κ3) is 3.45. The van der Waals surface area contributed by atoms with Gasteiger partial charge in [0, 0.05) is 0 Å². The summed E-state index contributed by atoms with van der Waals surface area (Å²) in [4.78, 5) is 0. The van der Waals surface area contributed by atoms with Crippen LogP contribution < -0.4 is 0 Å². The van der Waals surface area contributed by atoms with E-state index in [4.69, 9.17) is 0 Å². The summed E-state index contributed by atoms with van der Waals surface area (Å²) in [6, 6.07) is 0. The van der Waals surface area contributed by atoms with Crippen molar-refractivity contribution in [2.45, 2.75) is 32.1 Å². The van der Waals surface area contributed by atoms with E-state index in [1.165, 1.54) is 32.1 Å². The maximum absolute atomic E-state index is 2.39. The predicted octanol–water partition coefficient (Wildman–Crippen LogP) is 2.15. The molecule has 0 aliphatic heterocycles. The van der Waals surface area contributed by atoms with E-state index in [0.717, 1.165) is 0 Å². The van der Waals surface area contributed by atoms with Gasteiger partial charge < -0.3 is 6.42 Å². The van der Waals surface area contributed by atoms with Crippen LogP contribution in [0.3, 0.4) is 0 Å². The van der Waals surface area contributed by atoms with Crippen LogP contribution in [0.4, 0.5) is 0 Å². The quantitative estimate of drug-likeness (QED) is 0.463. The fourth-order valence-corrected chi connectivity index (χ4v) is 0.898. The maximum atomic E-state index is 2.39. The van der Waals surface area contributed by atoms with E-state index in [1.807, 2.05) is 0 Å². The monoisotopic (exact) mass is 263 g/mol. The van der Waals surface area contributed by atoms with Crippen LogP contribution in [0, 0.1) is 6.42 Å². The summed E-state index contributed by atoms with van der Waals surface area (Å²) in [7, 11) is 0. The van der Waals surface area contributed by atoms with Gasteiger partial charge in [0.25, 0.3) is 0 Å². The molecule has 1 heteroatoms. The van der Waals surface area contributed by atoms with Gasteiger partial charge in [-0.3, -0.25) is 0 Å². The van der Waals surface area contributed by atoms with Crippen molar-refractivity contribution < 1.29 is 25.8 Å². The van der Waals surface area contributed by atoms with Crippen LogP contribution >= 0.6 is 0 Å². The zero-order chi connectivity index (χ0) is 4.24. The molecule has 0 heterocycles. The Hall–Kier alpha value is 0.870. The zero-order valence-electron chi connectivity index (χ0n) is 4.61. The number of rotatable bonds is 0. The summed E-state index contributed by atoms with van der Waals surface area (Å²) < 4.78 is 0. The minimum Gasteiger partial charge on any atom is -0.328 e. The van der Waals surface area contributed by atoms with Gasteiger partial charge in [-0.1, -0.05) is 19.3 Å². The summed E-state index contributed by atoms with van der Waals surface area (Å²) in [5, 5.41) is 0. The second kappa shape index (κ2) is 5.02. The van der Waals surface area contributed by atoms with Gasteiger partial charge >= 0.3 is 25.8 Å². The third-order valence-corrected chi connectivity index (χ3v) is 1.32. The fourth-order valence-electron chi connectivity index (χ4n) is 0.898. The minimum absolute atomic E-state index is 0. The van der Waals surface area contributed by atoms with Crippen LogP contribution in [-0.4, -0.2) is 0 Å². The van der Waals surface area contributed by atoms with Crippen LogP contribution in [0.1, 0.15) is 32.1 Å². The zero-order valence-corrected chi connectivity index (χ0v) is 8.21. The van der Waals surface area contributed by atoms with Crippen molar-refractivity contribution >= 4 is 0 Å². The van der Waals surface area contributed by atoms with Gasteiger partial charge in [-0.05, 0) is 0 Å². The second-order valence-corrected chi connectivity index (χ2v) is 1.93. The Morgan fingerprint density at radius 3 is 1.57 bits per heavy atom. The number of hydrogen-bond donors (Lipinski definition) is 0. The molecule has 0 radical (unpaired) electrons. The molecular weight excluding hydrogens is 251 g/mol. The molecule has 1 rings (SSSR count). The van der Waals surface area contributed by atoms with Gasteiger partial charge in [-0.25, -0.2) is 0 Å². The molecule has 0 aromatic heterocycles. The van der Waals surface area contributed by atoms with E-state index >= 15 is 0 Å². The normalized spacial score (nSPS) is 20.6. The summed E-state index contributed by atoms with van der Waals surface area (Å²) >= 11 is 0. The third-order valence-electron chi connectivity index (χ3n) is 1.32. The van der Waals surface area contributed by atoms with Crippen molar-refractivity contribution in [1.29, 1.82) is 0 Å². The van der Waals surface area contributed by atoms with E-state index in [1.54, 1.807) is 0 Å². The van der Waals surface area contributed by atoms with Gasteiger partial charge in [-0.15, -0.1) is 0 Å². The van der Waals surface area contributed by atoms with Crippen LogP contribution in [-0.2, 0) is 25.8 Å². The molecule has 1 aliphatic carbocycles. The first kappa shape index (κ1) is 7.87. The molecule has 0 aromatic carbocycles. The van der Waals surface area contributed by atoms with E-state index in [-0.39, 0.29) is 25.8 Å². The first-order chi connectivity index (χ1) is 3.00. The smallest absolute Gasteiger partial charge is 0.328 e. The van der Waals surface area contributed by atoms with Gasteiger partial charge in [-0.2, -0.15) is 12.8 Å². The Labute approximate surface area is 64.5 Å². The molecule has 0 bridgehead atoms. The molecule has 1 saturated carbocycles. The molecule has 1 fully saturated rings. The van der Waals surface area contributed by atoms with Crippen molar-refractivity contribution in [1.82, 2.24) is 0 Å². The van der Waals surface area contributed by atoms with E-state index in [9.17, 15) is 0 Å². The van der Waals surface area contributed by atoms with Crippen molar-refractivity contribution in [3.63, 3.8) is 0 Å². The van der Waals surface area contributed by atoms with E-state index < -0.39 is 0 Å². The Kier molecular flexibility index (Phi) is 5.64. The topological polar surface area (TPSA) is 0 Å². The van der Waals surface area contributed by atoms with Crippen LogP contribution in [0.2, 0.25) is 0 Å². The van der Waals surface area contributed by atoms with Crippen molar-refractivity contribution in [3.05, 3.63) is 6.42 Å². The molecular formula is C6H11Hf+3. The van der Waals surface area contributed by atoms with E-state index in [0.29, 0.717) is 0 Å². The molecule has 36 valence electrons.